The number of thiophene rings is 1. The lowest BCUT2D eigenvalue weighted by Crippen LogP contribution is -2.31. The Morgan fingerprint density at radius 1 is 1.35 bits per heavy atom. The van der Waals surface area contributed by atoms with E-state index in [4.69, 9.17) is 4.74 Å². The Kier molecular flexibility index (Phi) is 5.37. The summed E-state index contributed by atoms with van der Waals surface area (Å²) in [7, 11) is 0. The van der Waals surface area contributed by atoms with Gasteiger partial charge in [0.2, 0.25) is 5.91 Å². The van der Waals surface area contributed by atoms with Gasteiger partial charge < -0.3 is 10.1 Å². The Morgan fingerprint density at radius 3 is 2.85 bits per heavy atom. The molecule has 3 aromatic rings. The van der Waals surface area contributed by atoms with Gasteiger partial charge in [-0.15, -0.1) is 11.3 Å². The van der Waals surface area contributed by atoms with E-state index < -0.39 is 6.04 Å². The predicted molar refractivity (Wildman–Crippen MR) is 104 cm³/mol. The van der Waals surface area contributed by atoms with Crippen LogP contribution in [0, 0.1) is 0 Å². The molecule has 0 radical (unpaired) electrons. The molecule has 0 unspecified atom stereocenters. The average Bonchev–Trinajstić information content (AvgIpc) is 3.08. The highest BCUT2D eigenvalue weighted by Gasteiger charge is 2.19. The van der Waals surface area contributed by atoms with Gasteiger partial charge >= 0.3 is 0 Å². The maximum absolute atomic E-state index is 12.8. The number of carbonyl (C=O) groups excluding carboxylic acids is 1. The van der Waals surface area contributed by atoms with Crippen molar-refractivity contribution in [3.8, 4) is 5.75 Å². The fourth-order valence-electron chi connectivity index (χ4n) is 2.65. The second kappa shape index (κ2) is 7.70. The molecule has 1 amide bonds. The second-order valence-electron chi connectivity index (χ2n) is 5.84. The van der Waals surface area contributed by atoms with E-state index in [2.05, 4.69) is 10.3 Å². The Labute approximate surface area is 155 Å². The number of anilines is 1. The molecule has 7 heteroatoms. The molecule has 2 heterocycles. The average molecular weight is 371 g/mol. The molecule has 0 aliphatic carbocycles. The van der Waals surface area contributed by atoms with Crippen molar-refractivity contribution in [1.29, 1.82) is 0 Å². The highest BCUT2D eigenvalue weighted by Crippen LogP contribution is 2.25. The van der Waals surface area contributed by atoms with Crippen LogP contribution in [-0.4, -0.2) is 22.1 Å². The first-order valence-corrected chi connectivity index (χ1v) is 9.39. The number of carbonyl (C=O) groups is 1. The molecular weight excluding hydrogens is 350 g/mol. The highest BCUT2D eigenvalue weighted by atomic mass is 32.1. The van der Waals surface area contributed by atoms with Crippen LogP contribution in [0.15, 0.2) is 41.5 Å². The zero-order chi connectivity index (χ0) is 18.7. The lowest BCUT2D eigenvalue weighted by Gasteiger charge is -2.16. The summed E-state index contributed by atoms with van der Waals surface area (Å²) in [5.74, 6) is 0.299. The molecule has 1 N–H and O–H groups in total. The molecule has 0 saturated heterocycles. The van der Waals surface area contributed by atoms with Crippen LogP contribution in [0.5, 0.6) is 5.75 Å². The zero-order valence-electron chi connectivity index (χ0n) is 15.0. The van der Waals surface area contributed by atoms with Gasteiger partial charge in [0, 0.05) is 4.88 Å². The Morgan fingerprint density at radius 2 is 2.12 bits per heavy atom. The number of benzene rings is 1. The quantitative estimate of drug-likeness (QED) is 0.718. The number of ether oxygens (including phenoxy) is 1. The van der Waals surface area contributed by atoms with Gasteiger partial charge in [-0.2, -0.15) is 0 Å². The number of aryl methyl sites for hydroxylation is 1. The first kappa shape index (κ1) is 18.1. The van der Waals surface area contributed by atoms with Crippen LogP contribution in [0.2, 0.25) is 0 Å². The summed E-state index contributed by atoms with van der Waals surface area (Å²) >= 11 is 1.51. The molecule has 3 rings (SSSR count). The molecule has 0 aliphatic heterocycles. The number of hydrogen-bond donors (Lipinski definition) is 1. The topological polar surface area (TPSA) is 73.2 Å². The minimum Gasteiger partial charge on any atom is -0.492 e. The van der Waals surface area contributed by atoms with Crippen molar-refractivity contribution in [2.75, 3.05) is 11.9 Å². The summed E-state index contributed by atoms with van der Waals surface area (Å²) in [4.78, 5) is 31.6. The molecule has 0 fully saturated rings. The molecule has 0 bridgehead atoms. The van der Waals surface area contributed by atoms with Crippen molar-refractivity contribution in [2.24, 2.45) is 0 Å². The van der Waals surface area contributed by atoms with E-state index in [1.807, 2.05) is 32.0 Å². The van der Waals surface area contributed by atoms with Gasteiger partial charge in [0.25, 0.3) is 5.56 Å². The fourth-order valence-corrected chi connectivity index (χ4v) is 3.58. The third-order valence-corrected chi connectivity index (χ3v) is 5.31. The normalized spacial score (nSPS) is 12.1. The minimum absolute atomic E-state index is 0.202. The third kappa shape index (κ3) is 3.48. The van der Waals surface area contributed by atoms with Crippen LogP contribution in [-0.2, 0) is 11.2 Å². The van der Waals surface area contributed by atoms with Crippen LogP contribution in [0.25, 0.3) is 10.2 Å². The van der Waals surface area contributed by atoms with Crippen LogP contribution in [0.4, 0.5) is 5.69 Å². The standard InChI is InChI=1S/C19H21N3O3S/c1-4-13-10-14-18(26-13)20-11-22(19(14)24)12(3)17(23)21-15-8-6-7-9-16(15)25-5-2/h6-12H,4-5H2,1-3H3,(H,21,23)/t12-/m0/s1. The third-order valence-electron chi connectivity index (χ3n) is 4.12. The first-order chi connectivity index (χ1) is 12.5. The van der Waals surface area contributed by atoms with Crippen LogP contribution in [0.3, 0.4) is 0 Å². The van der Waals surface area contributed by atoms with Gasteiger partial charge in [-0.05, 0) is 38.5 Å². The summed E-state index contributed by atoms with van der Waals surface area (Å²) < 4.78 is 6.89. The zero-order valence-corrected chi connectivity index (χ0v) is 15.8. The summed E-state index contributed by atoms with van der Waals surface area (Å²) in [5, 5.41) is 3.40. The number of amides is 1. The van der Waals surface area contributed by atoms with Crippen molar-refractivity contribution in [2.45, 2.75) is 33.2 Å². The van der Waals surface area contributed by atoms with E-state index >= 15 is 0 Å². The molecular formula is C19H21N3O3S. The van der Waals surface area contributed by atoms with Crippen molar-refractivity contribution in [1.82, 2.24) is 9.55 Å². The predicted octanol–water partition coefficient (Wildman–Crippen LogP) is 3.62. The summed E-state index contributed by atoms with van der Waals surface area (Å²) in [6.07, 6.45) is 2.30. The highest BCUT2D eigenvalue weighted by molar-refractivity contribution is 7.18. The van der Waals surface area contributed by atoms with Gasteiger partial charge in [0.1, 0.15) is 16.6 Å². The van der Waals surface area contributed by atoms with Crippen molar-refractivity contribution < 1.29 is 9.53 Å². The summed E-state index contributed by atoms with van der Waals surface area (Å²) in [6, 6.07) is 8.39. The number of rotatable bonds is 6. The molecule has 1 aromatic carbocycles. The number of fused-ring (bicyclic) bond motifs is 1. The number of nitrogens with zero attached hydrogens (tertiary/aromatic N) is 2. The Balaban J connectivity index is 1.88. The number of hydrogen-bond acceptors (Lipinski definition) is 5. The monoisotopic (exact) mass is 371 g/mol. The van der Waals surface area contributed by atoms with E-state index in [0.717, 1.165) is 11.3 Å². The summed E-state index contributed by atoms with van der Waals surface area (Å²) in [6.45, 7) is 6.10. The molecule has 0 aliphatic rings. The van der Waals surface area contributed by atoms with Crippen molar-refractivity contribution in [3.63, 3.8) is 0 Å². The van der Waals surface area contributed by atoms with E-state index in [1.54, 1.807) is 19.1 Å². The molecule has 1 atom stereocenters. The van der Waals surface area contributed by atoms with Crippen molar-refractivity contribution >= 4 is 33.1 Å². The lowest BCUT2D eigenvalue weighted by molar-refractivity contribution is -0.118. The second-order valence-corrected chi connectivity index (χ2v) is 6.95. The Hall–Kier alpha value is -2.67. The molecule has 2 aromatic heterocycles. The molecule has 0 saturated carbocycles. The van der Waals surface area contributed by atoms with Crippen LogP contribution < -0.4 is 15.6 Å². The first-order valence-electron chi connectivity index (χ1n) is 8.57. The molecule has 26 heavy (non-hydrogen) atoms. The maximum Gasteiger partial charge on any atom is 0.262 e. The Bertz CT molecular complexity index is 993. The van der Waals surface area contributed by atoms with E-state index in [0.29, 0.717) is 28.3 Å². The van der Waals surface area contributed by atoms with Gasteiger partial charge in [0.15, 0.2) is 0 Å². The van der Waals surface area contributed by atoms with Gasteiger partial charge in [-0.1, -0.05) is 19.1 Å². The van der Waals surface area contributed by atoms with E-state index in [1.165, 1.54) is 22.2 Å². The number of para-hydroxylation sites is 2. The fraction of sp³-hybridized carbons (Fsp3) is 0.316. The van der Waals surface area contributed by atoms with Gasteiger partial charge in [-0.3, -0.25) is 14.2 Å². The lowest BCUT2D eigenvalue weighted by atomic mass is 10.2. The smallest absolute Gasteiger partial charge is 0.262 e. The van der Waals surface area contributed by atoms with E-state index in [9.17, 15) is 9.59 Å². The van der Waals surface area contributed by atoms with Gasteiger partial charge in [0.05, 0.1) is 24.0 Å². The summed E-state index contributed by atoms with van der Waals surface area (Å²) in [5.41, 5.74) is 0.379. The minimum atomic E-state index is -0.695. The molecule has 6 nitrogen and oxygen atoms in total. The molecule has 136 valence electrons. The maximum atomic E-state index is 12.8. The van der Waals surface area contributed by atoms with Crippen LogP contribution in [0.1, 0.15) is 31.7 Å². The van der Waals surface area contributed by atoms with E-state index in [-0.39, 0.29) is 11.5 Å². The van der Waals surface area contributed by atoms with Crippen molar-refractivity contribution in [3.05, 3.63) is 51.9 Å². The largest absolute Gasteiger partial charge is 0.492 e. The molecule has 0 spiro atoms. The number of aromatic nitrogens is 2. The SMILES string of the molecule is CCOc1ccccc1NC(=O)[C@H](C)n1cnc2sc(CC)cc2c1=O. The van der Waals surface area contributed by atoms with Crippen LogP contribution >= 0.6 is 11.3 Å². The van der Waals surface area contributed by atoms with Gasteiger partial charge in [-0.25, -0.2) is 4.98 Å². The number of nitrogens with one attached hydrogen (secondary N) is 1.